The molecule has 1 aliphatic carbocycles. The standard InChI is InChI=1S/C24H26N2O3S/c1-14-20(23(28)26-15-8-5-6-9-18(15)29-4)22(19-10-7-11-30-19)21-16(25-14)12-24(2,3)13-17(21)27/h5-11,22,25H,12-13H2,1-4H3,(H,26,28). The average molecular weight is 423 g/mol. The van der Waals surface area contributed by atoms with Crippen molar-refractivity contribution in [3.8, 4) is 5.75 Å². The third-order valence-electron chi connectivity index (χ3n) is 5.67. The van der Waals surface area contributed by atoms with Crippen molar-refractivity contribution in [3.63, 3.8) is 0 Å². The number of anilines is 1. The van der Waals surface area contributed by atoms with E-state index < -0.39 is 0 Å². The third-order valence-corrected chi connectivity index (χ3v) is 6.60. The fourth-order valence-electron chi connectivity index (χ4n) is 4.41. The molecule has 0 spiro atoms. The van der Waals surface area contributed by atoms with Crippen molar-refractivity contribution >= 4 is 28.7 Å². The molecule has 0 radical (unpaired) electrons. The first kappa shape index (κ1) is 20.4. The van der Waals surface area contributed by atoms with Gasteiger partial charge >= 0.3 is 0 Å². The number of ether oxygens (including phenoxy) is 1. The second-order valence-electron chi connectivity index (χ2n) is 8.60. The quantitative estimate of drug-likeness (QED) is 0.728. The monoisotopic (exact) mass is 422 g/mol. The van der Waals surface area contributed by atoms with Gasteiger partial charge in [0.2, 0.25) is 0 Å². The number of allylic oxidation sites excluding steroid dienone is 3. The summed E-state index contributed by atoms with van der Waals surface area (Å²) in [5.74, 6) is 0.116. The Morgan fingerprint density at radius 1 is 1.20 bits per heavy atom. The first-order valence-electron chi connectivity index (χ1n) is 10.0. The summed E-state index contributed by atoms with van der Waals surface area (Å²) in [5, 5.41) is 8.37. The van der Waals surface area contributed by atoms with Crippen LogP contribution in [0.4, 0.5) is 5.69 Å². The van der Waals surface area contributed by atoms with Gasteiger partial charge in [-0.1, -0.05) is 32.0 Å². The summed E-state index contributed by atoms with van der Waals surface area (Å²) in [4.78, 5) is 27.7. The Hall–Kier alpha value is -2.86. The van der Waals surface area contributed by atoms with Gasteiger partial charge in [0.1, 0.15) is 5.75 Å². The fraction of sp³-hybridized carbons (Fsp3) is 0.333. The fourth-order valence-corrected chi connectivity index (χ4v) is 5.26. The van der Waals surface area contributed by atoms with Gasteiger partial charge in [-0.25, -0.2) is 0 Å². The summed E-state index contributed by atoms with van der Waals surface area (Å²) in [5.41, 5.74) is 3.54. The second kappa shape index (κ2) is 7.76. The van der Waals surface area contributed by atoms with E-state index >= 15 is 0 Å². The van der Waals surface area contributed by atoms with Crippen molar-refractivity contribution in [3.05, 3.63) is 69.2 Å². The number of amides is 1. The molecule has 1 aromatic carbocycles. The summed E-state index contributed by atoms with van der Waals surface area (Å²) in [6, 6.07) is 11.3. The number of nitrogens with one attached hydrogen (secondary N) is 2. The SMILES string of the molecule is COc1ccccc1NC(=O)C1=C(C)NC2=C(C(=O)CC(C)(C)C2)C1c1cccs1. The van der Waals surface area contributed by atoms with E-state index in [4.69, 9.17) is 4.74 Å². The Labute approximate surface area is 180 Å². The summed E-state index contributed by atoms with van der Waals surface area (Å²) in [6.07, 6.45) is 1.27. The highest BCUT2D eigenvalue weighted by molar-refractivity contribution is 7.10. The highest BCUT2D eigenvalue weighted by atomic mass is 32.1. The minimum Gasteiger partial charge on any atom is -0.495 e. The minimum absolute atomic E-state index is 0.0969. The van der Waals surface area contributed by atoms with Crippen LogP contribution in [0.1, 0.15) is 44.4 Å². The lowest BCUT2D eigenvalue weighted by Gasteiger charge is -2.39. The van der Waals surface area contributed by atoms with Crippen LogP contribution in [-0.4, -0.2) is 18.8 Å². The molecule has 2 aromatic rings. The highest BCUT2D eigenvalue weighted by Gasteiger charge is 2.43. The molecule has 156 valence electrons. The van der Waals surface area contributed by atoms with E-state index in [1.807, 2.05) is 42.6 Å². The first-order valence-corrected chi connectivity index (χ1v) is 10.9. The Bertz CT molecular complexity index is 1060. The van der Waals surface area contributed by atoms with Crippen LogP contribution in [-0.2, 0) is 9.59 Å². The summed E-state index contributed by atoms with van der Waals surface area (Å²) < 4.78 is 5.38. The number of methoxy groups -OCH3 is 1. The molecule has 1 atom stereocenters. The predicted octanol–water partition coefficient (Wildman–Crippen LogP) is 5.00. The van der Waals surface area contributed by atoms with Gasteiger partial charge in [-0.3, -0.25) is 9.59 Å². The largest absolute Gasteiger partial charge is 0.495 e. The predicted molar refractivity (Wildman–Crippen MR) is 120 cm³/mol. The molecule has 2 aliphatic rings. The van der Waals surface area contributed by atoms with Gasteiger partial charge in [-0.05, 0) is 42.3 Å². The van der Waals surface area contributed by atoms with Crippen molar-refractivity contribution in [2.24, 2.45) is 5.41 Å². The molecule has 1 aromatic heterocycles. The number of carbonyl (C=O) groups excluding carboxylic acids is 2. The lowest BCUT2D eigenvalue weighted by Crippen LogP contribution is -2.39. The number of hydrogen-bond acceptors (Lipinski definition) is 5. The molecule has 1 aliphatic heterocycles. The average Bonchev–Trinajstić information content (AvgIpc) is 3.20. The van der Waals surface area contributed by atoms with Crippen LogP contribution in [0.5, 0.6) is 5.75 Å². The number of dihydropyridines is 1. The normalized spacial score (nSPS) is 20.5. The van der Waals surface area contributed by atoms with Crippen LogP contribution in [0.3, 0.4) is 0 Å². The zero-order valence-electron chi connectivity index (χ0n) is 17.7. The third kappa shape index (κ3) is 3.67. The smallest absolute Gasteiger partial charge is 0.254 e. The second-order valence-corrected chi connectivity index (χ2v) is 9.58. The molecule has 1 unspecified atom stereocenters. The maximum atomic E-state index is 13.5. The summed E-state index contributed by atoms with van der Waals surface area (Å²) >= 11 is 1.57. The number of ketones is 1. The van der Waals surface area contributed by atoms with Gasteiger partial charge in [-0.2, -0.15) is 0 Å². The Morgan fingerprint density at radius 2 is 1.97 bits per heavy atom. The molecule has 0 bridgehead atoms. The van der Waals surface area contributed by atoms with Gasteiger partial charge in [0.05, 0.1) is 18.7 Å². The number of Topliss-reactive ketones (excluding diaryl/α,β-unsaturated/α-hetero) is 1. The number of thiophene rings is 1. The lowest BCUT2D eigenvalue weighted by molar-refractivity contribution is -0.118. The van der Waals surface area contributed by atoms with Gasteiger partial charge in [-0.15, -0.1) is 11.3 Å². The zero-order valence-corrected chi connectivity index (χ0v) is 18.5. The van der Waals surface area contributed by atoms with Gasteiger partial charge in [0.15, 0.2) is 5.78 Å². The van der Waals surface area contributed by atoms with Crippen LogP contribution in [0, 0.1) is 5.41 Å². The maximum absolute atomic E-state index is 13.5. The molecule has 0 fully saturated rings. The maximum Gasteiger partial charge on any atom is 0.254 e. The van der Waals surface area contributed by atoms with Crippen LogP contribution < -0.4 is 15.4 Å². The van der Waals surface area contributed by atoms with E-state index in [1.165, 1.54) is 0 Å². The molecule has 0 saturated heterocycles. The van der Waals surface area contributed by atoms with Crippen LogP contribution in [0.15, 0.2) is 64.3 Å². The molecule has 6 heteroatoms. The van der Waals surface area contributed by atoms with Crippen molar-refractivity contribution in [2.75, 3.05) is 12.4 Å². The number of rotatable bonds is 4. The van der Waals surface area contributed by atoms with E-state index in [1.54, 1.807) is 24.5 Å². The molecular formula is C24H26N2O3S. The lowest BCUT2D eigenvalue weighted by atomic mass is 9.69. The Morgan fingerprint density at radius 3 is 2.67 bits per heavy atom. The molecule has 2 N–H and O–H groups in total. The molecule has 2 heterocycles. The van der Waals surface area contributed by atoms with E-state index in [9.17, 15) is 9.59 Å². The topological polar surface area (TPSA) is 67.4 Å². The van der Waals surface area contributed by atoms with Gasteiger partial charge in [0.25, 0.3) is 5.91 Å². The summed E-state index contributed by atoms with van der Waals surface area (Å²) in [7, 11) is 1.58. The molecule has 0 saturated carbocycles. The molecule has 30 heavy (non-hydrogen) atoms. The van der Waals surface area contributed by atoms with Gasteiger partial charge in [0, 0.05) is 33.8 Å². The van der Waals surface area contributed by atoms with Crippen molar-refractivity contribution < 1.29 is 14.3 Å². The van der Waals surface area contributed by atoms with Gasteiger partial charge < -0.3 is 15.4 Å². The van der Waals surface area contributed by atoms with E-state index in [0.717, 1.165) is 28.3 Å². The van der Waals surface area contributed by atoms with Crippen molar-refractivity contribution in [2.45, 2.75) is 39.5 Å². The van der Waals surface area contributed by atoms with E-state index in [-0.39, 0.29) is 23.0 Å². The molecular weight excluding hydrogens is 396 g/mol. The number of hydrogen-bond donors (Lipinski definition) is 2. The molecule has 1 amide bonds. The van der Waals surface area contributed by atoms with Crippen LogP contribution in [0.2, 0.25) is 0 Å². The van der Waals surface area contributed by atoms with Crippen LogP contribution in [0.25, 0.3) is 0 Å². The Balaban J connectivity index is 1.77. The highest BCUT2D eigenvalue weighted by Crippen LogP contribution is 2.47. The number of carbonyl (C=O) groups is 2. The minimum atomic E-state index is -0.362. The van der Waals surface area contributed by atoms with E-state index in [0.29, 0.717) is 23.4 Å². The number of benzene rings is 1. The first-order chi connectivity index (χ1) is 14.3. The summed E-state index contributed by atoms with van der Waals surface area (Å²) in [6.45, 7) is 6.13. The van der Waals surface area contributed by atoms with Crippen molar-refractivity contribution in [1.82, 2.24) is 5.32 Å². The molecule has 5 nitrogen and oxygen atoms in total. The van der Waals surface area contributed by atoms with Crippen LogP contribution >= 0.6 is 11.3 Å². The zero-order chi connectivity index (χ0) is 21.5. The molecule has 4 rings (SSSR count). The Kier molecular flexibility index (Phi) is 5.28. The van der Waals surface area contributed by atoms with Crippen molar-refractivity contribution in [1.29, 1.82) is 0 Å². The number of para-hydroxylation sites is 2. The van der Waals surface area contributed by atoms with E-state index in [2.05, 4.69) is 24.5 Å².